The molecule has 1 aliphatic rings. The Kier molecular flexibility index (Phi) is 5.56. The average molecular weight is 318 g/mol. The summed E-state index contributed by atoms with van der Waals surface area (Å²) in [5, 5.41) is 14.7. The minimum Gasteiger partial charge on any atom is -0.489 e. The van der Waals surface area contributed by atoms with Crippen LogP contribution in [0.4, 0.5) is 0 Å². The van der Waals surface area contributed by atoms with Crippen molar-refractivity contribution < 1.29 is 9.84 Å². The summed E-state index contributed by atoms with van der Waals surface area (Å²) in [4.78, 5) is 0. The van der Waals surface area contributed by atoms with Crippen molar-refractivity contribution in [2.45, 2.75) is 44.8 Å². The van der Waals surface area contributed by atoms with Crippen LogP contribution < -0.4 is 10.1 Å². The molecule has 0 aliphatic heterocycles. The van der Waals surface area contributed by atoms with Crippen LogP contribution in [0.15, 0.2) is 12.1 Å². The molecule has 0 radical (unpaired) electrons. The maximum Gasteiger partial charge on any atom is 0.142 e. The predicted molar refractivity (Wildman–Crippen MR) is 82.8 cm³/mol. The summed E-state index contributed by atoms with van der Waals surface area (Å²) in [5.41, 5.74) is 0.212. The van der Waals surface area contributed by atoms with Gasteiger partial charge in [0.1, 0.15) is 12.4 Å². The molecule has 1 fully saturated rings. The van der Waals surface area contributed by atoms with Gasteiger partial charge in [0.05, 0.1) is 10.6 Å². The van der Waals surface area contributed by atoms with E-state index in [0.29, 0.717) is 22.3 Å². The monoisotopic (exact) mass is 317 g/mol. The Morgan fingerprint density at radius 2 is 2.00 bits per heavy atom. The molecule has 0 unspecified atom stereocenters. The summed E-state index contributed by atoms with van der Waals surface area (Å²) in [7, 11) is 0. The third-order valence-electron chi connectivity index (χ3n) is 3.67. The quantitative estimate of drug-likeness (QED) is 0.838. The van der Waals surface area contributed by atoms with Gasteiger partial charge in [-0.1, -0.05) is 43.0 Å². The maximum absolute atomic E-state index is 10.4. The fraction of sp³-hybridized carbons (Fsp3) is 0.600. The van der Waals surface area contributed by atoms with E-state index in [9.17, 15) is 5.11 Å². The first-order valence-corrected chi connectivity index (χ1v) is 7.83. The summed E-state index contributed by atoms with van der Waals surface area (Å²) in [6.45, 7) is 3.82. The van der Waals surface area contributed by atoms with E-state index in [4.69, 9.17) is 27.9 Å². The Labute approximate surface area is 130 Å². The molecule has 0 saturated heterocycles. The minimum absolute atomic E-state index is 0.285. The molecule has 5 heteroatoms. The Balaban J connectivity index is 2.12. The lowest BCUT2D eigenvalue weighted by Gasteiger charge is -2.24. The molecule has 2 rings (SSSR count). The fourth-order valence-electron chi connectivity index (χ4n) is 2.55. The van der Waals surface area contributed by atoms with E-state index in [1.165, 1.54) is 0 Å². The lowest BCUT2D eigenvalue weighted by Crippen LogP contribution is -2.32. The standard InChI is InChI=1S/C15H21Cl2NO2/c1-2-18-9-11-7-12(16)8-13(17)14(11)20-10-15(19)5-3-4-6-15/h7-8,18-19H,2-6,9-10H2,1H3. The van der Waals surface area contributed by atoms with Crippen molar-refractivity contribution in [1.29, 1.82) is 0 Å². The zero-order chi connectivity index (χ0) is 14.6. The van der Waals surface area contributed by atoms with E-state index in [2.05, 4.69) is 5.32 Å². The van der Waals surface area contributed by atoms with Gasteiger partial charge in [0.2, 0.25) is 0 Å². The van der Waals surface area contributed by atoms with Crippen LogP contribution in [0, 0.1) is 0 Å². The van der Waals surface area contributed by atoms with Gasteiger partial charge in [-0.2, -0.15) is 0 Å². The number of hydrogen-bond donors (Lipinski definition) is 2. The molecule has 2 N–H and O–H groups in total. The molecule has 1 aliphatic carbocycles. The van der Waals surface area contributed by atoms with Gasteiger partial charge >= 0.3 is 0 Å². The normalized spacial score (nSPS) is 17.4. The Hall–Kier alpha value is -0.480. The van der Waals surface area contributed by atoms with E-state index in [0.717, 1.165) is 37.8 Å². The van der Waals surface area contributed by atoms with Crippen LogP contribution in [0.1, 0.15) is 38.2 Å². The molecule has 0 bridgehead atoms. The number of benzene rings is 1. The molecule has 112 valence electrons. The van der Waals surface area contributed by atoms with Crippen molar-refractivity contribution in [2.75, 3.05) is 13.2 Å². The Morgan fingerprint density at radius 1 is 1.30 bits per heavy atom. The second-order valence-electron chi connectivity index (χ2n) is 5.38. The lowest BCUT2D eigenvalue weighted by molar-refractivity contribution is 0.00115. The van der Waals surface area contributed by atoms with Crippen LogP contribution in [0.3, 0.4) is 0 Å². The molecule has 0 spiro atoms. The topological polar surface area (TPSA) is 41.5 Å². The van der Waals surface area contributed by atoms with Crippen LogP contribution in [-0.4, -0.2) is 23.9 Å². The number of rotatable bonds is 6. The number of nitrogens with one attached hydrogen (secondary N) is 1. The molecular weight excluding hydrogens is 297 g/mol. The van der Waals surface area contributed by atoms with Crippen molar-refractivity contribution >= 4 is 23.2 Å². The summed E-state index contributed by atoms with van der Waals surface area (Å²) in [5.74, 6) is 0.623. The van der Waals surface area contributed by atoms with Gasteiger partial charge in [-0.15, -0.1) is 0 Å². The van der Waals surface area contributed by atoms with E-state index in [1.54, 1.807) is 6.07 Å². The van der Waals surface area contributed by atoms with Crippen LogP contribution in [-0.2, 0) is 6.54 Å². The summed E-state index contributed by atoms with van der Waals surface area (Å²) in [6.07, 6.45) is 3.69. The van der Waals surface area contributed by atoms with Crippen molar-refractivity contribution in [3.8, 4) is 5.75 Å². The van der Waals surface area contributed by atoms with Crippen LogP contribution in [0.25, 0.3) is 0 Å². The average Bonchev–Trinajstić information content (AvgIpc) is 2.82. The highest BCUT2D eigenvalue weighted by Crippen LogP contribution is 2.35. The van der Waals surface area contributed by atoms with Crippen LogP contribution >= 0.6 is 23.2 Å². The largest absolute Gasteiger partial charge is 0.489 e. The fourth-order valence-corrected chi connectivity index (χ4v) is 3.14. The third-order valence-corrected chi connectivity index (χ3v) is 4.17. The van der Waals surface area contributed by atoms with Crippen molar-refractivity contribution in [1.82, 2.24) is 5.32 Å². The molecular formula is C15H21Cl2NO2. The highest BCUT2D eigenvalue weighted by Gasteiger charge is 2.32. The Bertz CT molecular complexity index is 459. The first-order chi connectivity index (χ1) is 9.54. The van der Waals surface area contributed by atoms with Crippen molar-refractivity contribution in [2.24, 2.45) is 0 Å². The van der Waals surface area contributed by atoms with Crippen LogP contribution in [0.2, 0.25) is 10.0 Å². The minimum atomic E-state index is -0.710. The number of hydrogen-bond acceptors (Lipinski definition) is 3. The number of ether oxygens (including phenoxy) is 1. The number of aliphatic hydroxyl groups is 1. The molecule has 20 heavy (non-hydrogen) atoms. The summed E-state index contributed by atoms with van der Waals surface area (Å²) in [6, 6.07) is 3.52. The van der Waals surface area contributed by atoms with E-state index in [1.807, 2.05) is 13.0 Å². The first-order valence-electron chi connectivity index (χ1n) is 7.08. The second kappa shape index (κ2) is 6.99. The van der Waals surface area contributed by atoms with Gasteiger partial charge < -0.3 is 15.2 Å². The van der Waals surface area contributed by atoms with E-state index >= 15 is 0 Å². The molecule has 1 aromatic carbocycles. The molecule has 1 aromatic rings. The lowest BCUT2D eigenvalue weighted by atomic mass is 10.0. The zero-order valence-corrected chi connectivity index (χ0v) is 13.2. The van der Waals surface area contributed by atoms with Gasteiger partial charge in [-0.3, -0.25) is 0 Å². The van der Waals surface area contributed by atoms with Gasteiger partial charge in [-0.05, 0) is 31.5 Å². The first kappa shape index (κ1) is 15.9. The smallest absolute Gasteiger partial charge is 0.142 e. The van der Waals surface area contributed by atoms with Crippen LogP contribution in [0.5, 0.6) is 5.75 Å². The maximum atomic E-state index is 10.4. The molecule has 0 aromatic heterocycles. The van der Waals surface area contributed by atoms with Gasteiger partial charge in [0, 0.05) is 17.1 Å². The summed E-state index contributed by atoms with van der Waals surface area (Å²) < 4.78 is 5.83. The molecule has 1 saturated carbocycles. The molecule has 0 heterocycles. The Morgan fingerprint density at radius 3 is 2.65 bits per heavy atom. The van der Waals surface area contributed by atoms with E-state index in [-0.39, 0.29) is 6.61 Å². The van der Waals surface area contributed by atoms with Gasteiger partial charge in [0.15, 0.2) is 0 Å². The highest BCUT2D eigenvalue weighted by molar-refractivity contribution is 6.35. The number of halogens is 2. The SMILES string of the molecule is CCNCc1cc(Cl)cc(Cl)c1OCC1(O)CCCC1. The highest BCUT2D eigenvalue weighted by atomic mass is 35.5. The van der Waals surface area contributed by atoms with Crippen molar-refractivity contribution in [3.63, 3.8) is 0 Å². The van der Waals surface area contributed by atoms with E-state index < -0.39 is 5.60 Å². The molecule has 0 atom stereocenters. The third kappa shape index (κ3) is 4.01. The second-order valence-corrected chi connectivity index (χ2v) is 6.22. The molecule has 3 nitrogen and oxygen atoms in total. The van der Waals surface area contributed by atoms with Gasteiger partial charge in [0.25, 0.3) is 0 Å². The summed E-state index contributed by atoms with van der Waals surface area (Å²) >= 11 is 12.3. The van der Waals surface area contributed by atoms with Crippen molar-refractivity contribution in [3.05, 3.63) is 27.7 Å². The molecule has 0 amide bonds. The predicted octanol–water partition coefficient (Wildman–Crippen LogP) is 3.79. The van der Waals surface area contributed by atoms with Gasteiger partial charge in [-0.25, -0.2) is 0 Å². The zero-order valence-electron chi connectivity index (χ0n) is 11.7.